The molecule has 0 aromatic rings. The second-order valence-electron chi connectivity index (χ2n) is 4.30. The minimum absolute atomic E-state index is 0.00352. The smallest absolute Gasteiger partial charge is 0.306 e. The van der Waals surface area contributed by atoms with Gasteiger partial charge in [-0.15, -0.1) is 0 Å². The van der Waals surface area contributed by atoms with Gasteiger partial charge >= 0.3 is 5.97 Å². The monoisotopic (exact) mass is 214 g/mol. The highest BCUT2D eigenvalue weighted by molar-refractivity contribution is 8.00. The molecule has 80 valence electrons. The minimum Gasteiger partial charge on any atom is -0.466 e. The zero-order valence-corrected chi connectivity index (χ0v) is 9.52. The van der Waals surface area contributed by atoms with E-state index in [4.69, 9.17) is 4.74 Å². The summed E-state index contributed by atoms with van der Waals surface area (Å²) in [6, 6.07) is 0. The normalized spacial score (nSPS) is 35.6. The summed E-state index contributed by atoms with van der Waals surface area (Å²) < 4.78 is 4.99. The van der Waals surface area contributed by atoms with Crippen molar-refractivity contribution in [2.75, 3.05) is 6.61 Å². The van der Waals surface area contributed by atoms with Gasteiger partial charge in [0.25, 0.3) is 0 Å². The summed E-state index contributed by atoms with van der Waals surface area (Å²) in [5.41, 5.74) is 0. The second-order valence-corrected chi connectivity index (χ2v) is 5.91. The third-order valence-electron chi connectivity index (χ3n) is 3.15. The molecule has 2 aliphatic heterocycles. The molecule has 0 N–H and O–H groups in total. The Morgan fingerprint density at radius 3 is 2.57 bits per heavy atom. The summed E-state index contributed by atoms with van der Waals surface area (Å²) in [6.45, 7) is 2.39. The highest BCUT2D eigenvalue weighted by Crippen LogP contribution is 2.46. The lowest BCUT2D eigenvalue weighted by atomic mass is 9.96. The number of hydrogen-bond donors (Lipinski definition) is 0. The third kappa shape index (κ3) is 2.44. The van der Waals surface area contributed by atoms with Crippen molar-refractivity contribution in [1.29, 1.82) is 0 Å². The van der Waals surface area contributed by atoms with Crippen LogP contribution in [0.25, 0.3) is 0 Å². The summed E-state index contributed by atoms with van der Waals surface area (Å²) in [6.07, 6.45) is 5.87. The number of esters is 1. The molecule has 2 fully saturated rings. The molecule has 0 amide bonds. The van der Waals surface area contributed by atoms with Crippen LogP contribution < -0.4 is 0 Å². The molecule has 3 heteroatoms. The molecule has 2 nitrogen and oxygen atoms in total. The zero-order chi connectivity index (χ0) is 9.97. The van der Waals surface area contributed by atoms with Crippen molar-refractivity contribution < 1.29 is 9.53 Å². The first-order chi connectivity index (χ1) is 6.78. The van der Waals surface area contributed by atoms with E-state index >= 15 is 0 Å². The highest BCUT2D eigenvalue weighted by atomic mass is 32.2. The molecular formula is C11H18O2S. The van der Waals surface area contributed by atoms with Crippen LogP contribution >= 0.6 is 11.8 Å². The number of fused-ring (bicyclic) bond motifs is 2. The van der Waals surface area contributed by atoms with E-state index in [9.17, 15) is 4.79 Å². The third-order valence-corrected chi connectivity index (χ3v) is 4.77. The van der Waals surface area contributed by atoms with Crippen molar-refractivity contribution in [1.82, 2.24) is 0 Å². The predicted octanol–water partition coefficient (Wildman–Crippen LogP) is 2.61. The summed E-state index contributed by atoms with van der Waals surface area (Å²) in [5, 5.41) is 1.68. The molecule has 2 bridgehead atoms. The Bertz CT molecular complexity index is 205. The Hall–Kier alpha value is -0.180. The SMILES string of the molecule is CCOC(=O)CC1CC2CCC(C1)S2. The fraction of sp³-hybridized carbons (Fsp3) is 0.909. The number of ether oxygens (including phenoxy) is 1. The van der Waals surface area contributed by atoms with E-state index in [0.717, 1.165) is 10.5 Å². The van der Waals surface area contributed by atoms with Crippen LogP contribution in [0.1, 0.15) is 39.0 Å². The van der Waals surface area contributed by atoms with Crippen molar-refractivity contribution in [3.63, 3.8) is 0 Å². The summed E-state index contributed by atoms with van der Waals surface area (Å²) in [7, 11) is 0. The Morgan fingerprint density at radius 2 is 2.00 bits per heavy atom. The van der Waals surface area contributed by atoms with Gasteiger partial charge in [-0.3, -0.25) is 4.79 Å². The Morgan fingerprint density at radius 1 is 1.36 bits per heavy atom. The largest absolute Gasteiger partial charge is 0.466 e. The van der Waals surface area contributed by atoms with E-state index in [2.05, 4.69) is 11.8 Å². The van der Waals surface area contributed by atoms with Gasteiger partial charge in [-0.25, -0.2) is 0 Å². The maximum Gasteiger partial charge on any atom is 0.306 e. The Balaban J connectivity index is 1.79. The molecule has 0 aromatic carbocycles. The minimum atomic E-state index is 0.00352. The lowest BCUT2D eigenvalue weighted by molar-refractivity contribution is -0.144. The average molecular weight is 214 g/mol. The summed E-state index contributed by atoms with van der Waals surface area (Å²) >= 11 is 2.14. The van der Waals surface area contributed by atoms with Gasteiger partial charge in [0.15, 0.2) is 0 Å². The van der Waals surface area contributed by atoms with Crippen LogP contribution in [0.15, 0.2) is 0 Å². The Labute approximate surface area is 89.8 Å². The molecule has 2 rings (SSSR count). The zero-order valence-electron chi connectivity index (χ0n) is 8.70. The number of hydrogen-bond acceptors (Lipinski definition) is 3. The van der Waals surface area contributed by atoms with Crippen LogP contribution in [-0.4, -0.2) is 23.1 Å². The molecule has 0 radical (unpaired) electrons. The highest BCUT2D eigenvalue weighted by Gasteiger charge is 2.35. The van der Waals surface area contributed by atoms with Gasteiger partial charge in [0.1, 0.15) is 0 Å². The van der Waals surface area contributed by atoms with Crippen LogP contribution in [-0.2, 0) is 9.53 Å². The molecular weight excluding hydrogens is 196 g/mol. The maximum atomic E-state index is 11.3. The molecule has 2 saturated heterocycles. The van der Waals surface area contributed by atoms with Gasteiger partial charge in [0.2, 0.25) is 0 Å². The lowest BCUT2D eigenvalue weighted by Gasteiger charge is -2.26. The van der Waals surface area contributed by atoms with Crippen LogP contribution in [0.3, 0.4) is 0 Å². The van der Waals surface area contributed by atoms with E-state index in [1.165, 1.54) is 25.7 Å². The van der Waals surface area contributed by atoms with Crippen LogP contribution in [0.2, 0.25) is 0 Å². The van der Waals surface area contributed by atoms with Crippen molar-refractivity contribution in [3.8, 4) is 0 Å². The fourth-order valence-electron chi connectivity index (χ4n) is 2.59. The van der Waals surface area contributed by atoms with E-state index in [1.807, 2.05) is 6.92 Å². The van der Waals surface area contributed by atoms with Gasteiger partial charge in [-0.2, -0.15) is 11.8 Å². The lowest BCUT2D eigenvalue weighted by Crippen LogP contribution is -2.21. The van der Waals surface area contributed by atoms with Gasteiger partial charge in [-0.05, 0) is 38.5 Å². The van der Waals surface area contributed by atoms with Crippen molar-refractivity contribution >= 4 is 17.7 Å². The maximum absolute atomic E-state index is 11.3. The molecule has 2 atom stereocenters. The molecule has 0 aliphatic carbocycles. The molecule has 0 saturated carbocycles. The topological polar surface area (TPSA) is 26.3 Å². The van der Waals surface area contributed by atoms with Crippen molar-refractivity contribution in [2.45, 2.75) is 49.5 Å². The molecule has 2 aliphatic rings. The molecule has 0 spiro atoms. The van der Waals surface area contributed by atoms with Crippen molar-refractivity contribution in [2.24, 2.45) is 5.92 Å². The van der Waals surface area contributed by atoms with E-state index in [1.54, 1.807) is 0 Å². The van der Waals surface area contributed by atoms with Gasteiger partial charge in [-0.1, -0.05) is 0 Å². The number of rotatable bonds is 3. The predicted molar refractivity (Wildman–Crippen MR) is 58.4 cm³/mol. The molecule has 2 heterocycles. The summed E-state index contributed by atoms with van der Waals surface area (Å²) in [5.74, 6) is 0.608. The summed E-state index contributed by atoms with van der Waals surface area (Å²) in [4.78, 5) is 11.3. The molecule has 14 heavy (non-hydrogen) atoms. The first-order valence-corrected chi connectivity index (χ1v) is 6.53. The van der Waals surface area contributed by atoms with E-state index in [0.29, 0.717) is 18.9 Å². The standard InChI is InChI=1S/C11H18O2S/c1-2-13-11(12)7-8-5-9-3-4-10(6-8)14-9/h8-10H,2-7H2,1H3. The second kappa shape index (κ2) is 4.56. The number of carbonyl (C=O) groups excluding carboxylic acids is 1. The van der Waals surface area contributed by atoms with Crippen LogP contribution in [0.5, 0.6) is 0 Å². The van der Waals surface area contributed by atoms with E-state index in [-0.39, 0.29) is 5.97 Å². The Kier molecular flexibility index (Phi) is 3.37. The number of thioether (sulfide) groups is 1. The van der Waals surface area contributed by atoms with Crippen molar-refractivity contribution in [3.05, 3.63) is 0 Å². The van der Waals surface area contributed by atoms with Gasteiger partial charge in [0.05, 0.1) is 6.61 Å². The first kappa shape index (κ1) is 10.3. The average Bonchev–Trinajstić information content (AvgIpc) is 2.46. The van der Waals surface area contributed by atoms with Gasteiger partial charge in [0, 0.05) is 16.9 Å². The fourth-order valence-corrected chi connectivity index (χ4v) is 4.44. The number of carbonyl (C=O) groups is 1. The van der Waals surface area contributed by atoms with Gasteiger partial charge < -0.3 is 4.74 Å². The first-order valence-electron chi connectivity index (χ1n) is 5.59. The quantitative estimate of drug-likeness (QED) is 0.676. The van der Waals surface area contributed by atoms with E-state index < -0.39 is 0 Å². The van der Waals surface area contributed by atoms with Crippen LogP contribution in [0.4, 0.5) is 0 Å². The molecule has 0 aromatic heterocycles. The van der Waals surface area contributed by atoms with Crippen LogP contribution in [0, 0.1) is 5.92 Å². The molecule has 2 unspecified atom stereocenters.